The van der Waals surface area contributed by atoms with Crippen LogP contribution < -0.4 is 10.1 Å². The third kappa shape index (κ3) is 3.70. The van der Waals surface area contributed by atoms with Crippen molar-refractivity contribution in [3.8, 4) is 5.88 Å². The molecule has 2 saturated carbocycles. The van der Waals surface area contributed by atoms with E-state index in [9.17, 15) is 23.1 Å². The van der Waals surface area contributed by atoms with Crippen molar-refractivity contribution in [2.24, 2.45) is 11.8 Å². The quantitative estimate of drug-likeness (QED) is 0.562. The fourth-order valence-corrected chi connectivity index (χ4v) is 4.88. The molecule has 0 aliphatic heterocycles. The average Bonchev–Trinajstić information content (AvgIpc) is 3.04. The summed E-state index contributed by atoms with van der Waals surface area (Å²) in [6.07, 6.45) is -1.30. The number of hydrogen-bond donors (Lipinski definition) is 3. The van der Waals surface area contributed by atoms with E-state index in [-0.39, 0.29) is 23.4 Å². The molecule has 3 aromatic rings. The molecule has 2 fully saturated rings. The molecule has 0 radical (unpaired) electrons. The molecule has 11 heteroatoms. The van der Waals surface area contributed by atoms with Gasteiger partial charge in [-0.3, -0.25) is 9.89 Å². The molecule has 4 atom stereocenters. The molecule has 1 amide bonds. The Hall–Kier alpha value is -2.85. The van der Waals surface area contributed by atoms with E-state index >= 15 is 0 Å². The highest BCUT2D eigenvalue weighted by atomic mass is 35.5. The summed E-state index contributed by atoms with van der Waals surface area (Å²) in [6.45, 7) is 0. The van der Waals surface area contributed by atoms with E-state index in [0.717, 1.165) is 23.2 Å². The van der Waals surface area contributed by atoms with Crippen molar-refractivity contribution >= 4 is 28.4 Å². The Bertz CT molecular complexity index is 1170. The van der Waals surface area contributed by atoms with Crippen LogP contribution >= 0.6 is 11.6 Å². The number of fused-ring (bicyclic) bond motifs is 2. The van der Waals surface area contributed by atoms with Crippen LogP contribution in [0.1, 0.15) is 28.8 Å². The highest BCUT2D eigenvalue weighted by Gasteiger charge is 2.62. The number of rotatable bonds is 4. The van der Waals surface area contributed by atoms with E-state index in [1.54, 1.807) is 18.3 Å². The van der Waals surface area contributed by atoms with E-state index in [1.807, 2.05) is 0 Å². The maximum Gasteiger partial charge on any atom is 0.574 e. The molecule has 3 N–H and O–H groups in total. The number of alkyl halides is 3. The monoisotopic (exact) mass is 452 g/mol. The zero-order valence-electron chi connectivity index (χ0n) is 15.8. The lowest BCUT2D eigenvalue weighted by atomic mass is 9.86. The Balaban J connectivity index is 1.27. The van der Waals surface area contributed by atoms with Gasteiger partial charge in [0.25, 0.3) is 5.91 Å². The van der Waals surface area contributed by atoms with Gasteiger partial charge < -0.3 is 15.2 Å². The van der Waals surface area contributed by atoms with Crippen molar-refractivity contribution < 1.29 is 27.8 Å². The summed E-state index contributed by atoms with van der Waals surface area (Å²) in [5.74, 6) is -1.10. The van der Waals surface area contributed by atoms with Gasteiger partial charge in [0, 0.05) is 34.3 Å². The van der Waals surface area contributed by atoms with Crippen molar-refractivity contribution in [3.05, 3.63) is 52.8 Å². The number of aliphatic hydroxyl groups is 1. The number of aromatic nitrogens is 3. The number of H-pyrrole nitrogens is 1. The Morgan fingerprint density at radius 2 is 2.03 bits per heavy atom. The molecular weight excluding hydrogens is 437 g/mol. The second-order valence-corrected chi connectivity index (χ2v) is 8.42. The van der Waals surface area contributed by atoms with Gasteiger partial charge in [0.1, 0.15) is 0 Å². The molecule has 31 heavy (non-hydrogen) atoms. The largest absolute Gasteiger partial charge is 0.574 e. The molecule has 2 aliphatic carbocycles. The maximum absolute atomic E-state index is 12.5. The molecule has 0 spiro atoms. The van der Waals surface area contributed by atoms with Crippen LogP contribution in [0.5, 0.6) is 5.88 Å². The molecule has 2 aliphatic rings. The zero-order valence-corrected chi connectivity index (χ0v) is 16.5. The lowest BCUT2D eigenvalue weighted by Crippen LogP contribution is -2.33. The van der Waals surface area contributed by atoms with Crippen LogP contribution in [0.25, 0.3) is 10.9 Å². The molecular formula is C20H16ClF3N4O3. The van der Waals surface area contributed by atoms with Crippen LogP contribution in [0.4, 0.5) is 13.2 Å². The highest BCUT2D eigenvalue weighted by molar-refractivity contribution is 6.31. The number of hydrogen-bond acceptors (Lipinski definition) is 5. The van der Waals surface area contributed by atoms with Crippen LogP contribution in [-0.4, -0.2) is 38.6 Å². The van der Waals surface area contributed by atoms with Gasteiger partial charge >= 0.3 is 6.36 Å². The minimum Gasteiger partial charge on any atom is -0.388 e. The first-order valence-electron chi connectivity index (χ1n) is 9.51. The number of pyridine rings is 1. The number of nitrogens with one attached hydrogen (secondary N) is 2. The molecule has 5 rings (SSSR count). The van der Waals surface area contributed by atoms with Crippen LogP contribution in [0.3, 0.4) is 0 Å². The summed E-state index contributed by atoms with van der Waals surface area (Å²) < 4.78 is 40.9. The van der Waals surface area contributed by atoms with E-state index in [2.05, 4.69) is 25.2 Å². The fraction of sp³-hybridized carbons (Fsp3) is 0.350. The number of ether oxygens (including phenoxy) is 1. The number of carbonyl (C=O) groups is 1. The standard InChI is InChI=1S/C20H16ClF3N4O3/c21-10-4-14(13-8-26-28-15(13)5-10)19(30)6-11-12(7-19)17(11)27-18(29)9-1-2-25-16(3-9)31-20(22,23)24/h1-5,8,11-12,17,30H,6-7H2,(H,26,28)(H,27,29)/t11-,12+,17+,19+. The molecule has 7 nitrogen and oxygen atoms in total. The molecule has 0 bridgehead atoms. The lowest BCUT2D eigenvalue weighted by Gasteiger charge is -2.27. The van der Waals surface area contributed by atoms with Crippen molar-refractivity contribution in [2.75, 3.05) is 0 Å². The predicted molar refractivity (Wildman–Crippen MR) is 103 cm³/mol. The van der Waals surface area contributed by atoms with Gasteiger partial charge in [0.15, 0.2) is 0 Å². The van der Waals surface area contributed by atoms with E-state index in [4.69, 9.17) is 11.6 Å². The Morgan fingerprint density at radius 1 is 1.29 bits per heavy atom. The summed E-state index contributed by atoms with van der Waals surface area (Å²) in [4.78, 5) is 16.0. The molecule has 2 aromatic heterocycles. The molecule has 0 unspecified atom stereocenters. The SMILES string of the molecule is O=C(N[C@H]1[C@@H]2C[C@@](O)(c3cc(Cl)cc4[nH]ncc34)C[C@@H]21)c1ccnc(OC(F)(F)F)c1. The summed E-state index contributed by atoms with van der Waals surface area (Å²) in [6, 6.07) is 5.57. The van der Waals surface area contributed by atoms with Crippen molar-refractivity contribution in [3.63, 3.8) is 0 Å². The first kappa shape index (κ1) is 20.1. The molecule has 162 valence electrons. The smallest absolute Gasteiger partial charge is 0.388 e. The van der Waals surface area contributed by atoms with Gasteiger partial charge in [-0.15, -0.1) is 13.2 Å². The normalized spacial score (nSPS) is 27.2. The Morgan fingerprint density at radius 3 is 2.74 bits per heavy atom. The van der Waals surface area contributed by atoms with Gasteiger partial charge in [-0.1, -0.05) is 11.6 Å². The highest BCUT2D eigenvalue weighted by Crippen LogP contribution is 2.60. The second kappa shape index (κ2) is 6.83. The number of amides is 1. The number of carbonyl (C=O) groups excluding carboxylic acids is 1. The Labute approximate surface area is 178 Å². The second-order valence-electron chi connectivity index (χ2n) is 7.98. The van der Waals surface area contributed by atoms with Crippen LogP contribution in [0, 0.1) is 11.8 Å². The number of halogens is 4. The van der Waals surface area contributed by atoms with Gasteiger partial charge in [0.2, 0.25) is 5.88 Å². The summed E-state index contributed by atoms with van der Waals surface area (Å²) in [5, 5.41) is 22.3. The lowest BCUT2D eigenvalue weighted by molar-refractivity contribution is -0.276. The van der Waals surface area contributed by atoms with E-state index in [0.29, 0.717) is 23.4 Å². The van der Waals surface area contributed by atoms with E-state index in [1.165, 1.54) is 6.07 Å². The number of nitrogens with zero attached hydrogens (tertiary/aromatic N) is 2. The van der Waals surface area contributed by atoms with Crippen molar-refractivity contribution in [1.82, 2.24) is 20.5 Å². The number of aromatic amines is 1. The minimum absolute atomic E-state index is 0.0180. The third-order valence-electron chi connectivity index (χ3n) is 6.02. The Kier molecular flexibility index (Phi) is 4.42. The maximum atomic E-state index is 12.5. The molecule has 2 heterocycles. The predicted octanol–water partition coefficient (Wildman–Crippen LogP) is 3.54. The summed E-state index contributed by atoms with van der Waals surface area (Å²) in [5.41, 5.74) is 0.359. The van der Waals surface area contributed by atoms with Gasteiger partial charge in [0.05, 0.1) is 17.3 Å². The summed E-state index contributed by atoms with van der Waals surface area (Å²) in [7, 11) is 0. The van der Waals surface area contributed by atoms with Gasteiger partial charge in [-0.05, 0) is 48.4 Å². The van der Waals surface area contributed by atoms with Crippen LogP contribution in [0.2, 0.25) is 5.02 Å². The zero-order chi connectivity index (χ0) is 22.0. The van der Waals surface area contributed by atoms with Crippen LogP contribution in [0.15, 0.2) is 36.7 Å². The van der Waals surface area contributed by atoms with Gasteiger partial charge in [-0.25, -0.2) is 4.98 Å². The minimum atomic E-state index is -4.89. The first-order chi connectivity index (χ1) is 14.6. The molecule has 1 aromatic carbocycles. The van der Waals surface area contributed by atoms with Crippen LogP contribution in [-0.2, 0) is 5.60 Å². The molecule has 0 saturated heterocycles. The number of benzene rings is 1. The topological polar surface area (TPSA) is 100 Å². The fourth-order valence-electron chi connectivity index (χ4n) is 4.66. The first-order valence-corrected chi connectivity index (χ1v) is 9.89. The van der Waals surface area contributed by atoms with E-state index < -0.39 is 23.8 Å². The average molecular weight is 453 g/mol. The van der Waals surface area contributed by atoms with Gasteiger partial charge in [-0.2, -0.15) is 5.10 Å². The van der Waals surface area contributed by atoms with Crippen molar-refractivity contribution in [1.29, 1.82) is 0 Å². The van der Waals surface area contributed by atoms with Crippen molar-refractivity contribution in [2.45, 2.75) is 30.8 Å². The third-order valence-corrected chi connectivity index (χ3v) is 6.24. The summed E-state index contributed by atoms with van der Waals surface area (Å²) >= 11 is 6.19.